The van der Waals surface area contributed by atoms with Crippen molar-refractivity contribution in [2.45, 2.75) is 19.3 Å². The van der Waals surface area contributed by atoms with Gasteiger partial charge in [-0.2, -0.15) is 0 Å². The Morgan fingerprint density at radius 1 is 1.35 bits per heavy atom. The van der Waals surface area contributed by atoms with E-state index >= 15 is 0 Å². The van der Waals surface area contributed by atoms with Crippen LogP contribution in [0.5, 0.6) is 0 Å². The van der Waals surface area contributed by atoms with Crippen LogP contribution in [0.15, 0.2) is 22.5 Å². The van der Waals surface area contributed by atoms with Crippen LogP contribution in [0.3, 0.4) is 0 Å². The zero-order valence-corrected chi connectivity index (χ0v) is 10.3. The van der Waals surface area contributed by atoms with Gasteiger partial charge in [-0.05, 0) is 25.2 Å². The summed E-state index contributed by atoms with van der Waals surface area (Å²) >= 11 is 1.63. The molecule has 0 saturated carbocycles. The second-order valence-electron chi connectivity index (χ2n) is 4.28. The third-order valence-electron chi connectivity index (χ3n) is 3.04. The first-order valence-corrected chi connectivity index (χ1v) is 6.70. The average molecular weight is 250 g/mol. The van der Waals surface area contributed by atoms with Gasteiger partial charge in [-0.25, -0.2) is 9.97 Å². The van der Waals surface area contributed by atoms with Gasteiger partial charge in [0.05, 0.1) is 5.69 Å². The Labute approximate surface area is 104 Å². The van der Waals surface area contributed by atoms with E-state index in [0.29, 0.717) is 0 Å². The highest BCUT2D eigenvalue weighted by atomic mass is 32.1. The zero-order valence-electron chi connectivity index (χ0n) is 9.46. The van der Waals surface area contributed by atoms with Crippen LogP contribution >= 0.6 is 11.3 Å². The van der Waals surface area contributed by atoms with Gasteiger partial charge in [0.1, 0.15) is 17.0 Å². The number of thiazole rings is 1. The minimum absolute atomic E-state index is 0.719. The van der Waals surface area contributed by atoms with Gasteiger partial charge >= 0.3 is 0 Å². The summed E-state index contributed by atoms with van der Waals surface area (Å²) in [6.07, 6.45) is 6.43. The van der Waals surface area contributed by atoms with Crippen molar-refractivity contribution < 1.29 is 9.15 Å². The highest BCUT2D eigenvalue weighted by Gasteiger charge is 2.16. The maximum absolute atomic E-state index is 5.36. The van der Waals surface area contributed by atoms with Gasteiger partial charge in [-0.3, -0.25) is 0 Å². The van der Waals surface area contributed by atoms with Gasteiger partial charge in [0.15, 0.2) is 6.39 Å². The van der Waals surface area contributed by atoms with Crippen molar-refractivity contribution in [3.05, 3.63) is 23.7 Å². The van der Waals surface area contributed by atoms with E-state index in [1.54, 1.807) is 17.6 Å². The van der Waals surface area contributed by atoms with E-state index in [9.17, 15) is 0 Å². The zero-order chi connectivity index (χ0) is 11.5. The van der Waals surface area contributed by atoms with Gasteiger partial charge in [-0.1, -0.05) is 0 Å². The number of ether oxygens (including phenoxy) is 1. The van der Waals surface area contributed by atoms with E-state index < -0.39 is 0 Å². The summed E-state index contributed by atoms with van der Waals surface area (Å²) in [5, 5.41) is 3.07. The Morgan fingerprint density at radius 2 is 2.24 bits per heavy atom. The van der Waals surface area contributed by atoms with Crippen LogP contribution in [0, 0.1) is 5.92 Å². The first-order valence-electron chi connectivity index (χ1n) is 5.82. The molecule has 0 atom stereocenters. The molecule has 4 nitrogen and oxygen atoms in total. The fraction of sp³-hybridized carbons (Fsp3) is 0.500. The molecular formula is C12H14N2O2S. The molecule has 1 aliphatic heterocycles. The molecule has 0 spiro atoms. The number of aromatic nitrogens is 2. The maximum Gasteiger partial charge on any atom is 0.181 e. The van der Waals surface area contributed by atoms with Crippen LogP contribution in [0.2, 0.25) is 0 Å². The lowest BCUT2D eigenvalue weighted by Gasteiger charge is -2.20. The lowest BCUT2D eigenvalue weighted by Crippen LogP contribution is -2.17. The van der Waals surface area contributed by atoms with Gasteiger partial charge in [0.25, 0.3) is 0 Å². The quantitative estimate of drug-likeness (QED) is 0.840. The molecule has 1 aliphatic rings. The van der Waals surface area contributed by atoms with Crippen LogP contribution in [0.25, 0.3) is 10.7 Å². The molecule has 3 rings (SSSR count). The summed E-state index contributed by atoms with van der Waals surface area (Å²) in [7, 11) is 0. The van der Waals surface area contributed by atoms with E-state index in [0.717, 1.165) is 49.1 Å². The molecule has 0 aromatic carbocycles. The standard InChI is InChI=1S/C12H14N2O2S/c1-3-15-4-2-9(1)5-10-7-17-12(14-10)11-6-16-8-13-11/h6-9H,1-5H2. The summed E-state index contributed by atoms with van der Waals surface area (Å²) < 4.78 is 10.3. The van der Waals surface area contributed by atoms with Crippen molar-refractivity contribution in [3.63, 3.8) is 0 Å². The minimum atomic E-state index is 0.719. The summed E-state index contributed by atoms with van der Waals surface area (Å²) in [6, 6.07) is 0. The second-order valence-corrected chi connectivity index (χ2v) is 5.14. The van der Waals surface area contributed by atoms with E-state index in [1.807, 2.05) is 0 Å². The van der Waals surface area contributed by atoms with Gasteiger partial charge in [-0.15, -0.1) is 11.3 Å². The predicted molar refractivity (Wildman–Crippen MR) is 64.9 cm³/mol. The van der Waals surface area contributed by atoms with Crippen LogP contribution in [-0.4, -0.2) is 23.2 Å². The molecular weight excluding hydrogens is 236 g/mol. The third-order valence-corrected chi connectivity index (χ3v) is 3.96. The van der Waals surface area contributed by atoms with Crippen molar-refractivity contribution in [1.29, 1.82) is 0 Å². The Kier molecular flexibility index (Phi) is 3.20. The minimum Gasteiger partial charge on any atom is -0.451 e. The number of hydrogen-bond acceptors (Lipinski definition) is 5. The van der Waals surface area contributed by atoms with E-state index in [4.69, 9.17) is 9.15 Å². The number of rotatable bonds is 3. The second kappa shape index (κ2) is 4.98. The number of nitrogens with zero attached hydrogens (tertiary/aromatic N) is 2. The summed E-state index contributed by atoms with van der Waals surface area (Å²) in [4.78, 5) is 8.71. The Hall–Kier alpha value is -1.20. The molecule has 0 N–H and O–H groups in total. The fourth-order valence-corrected chi connectivity index (χ4v) is 2.87. The Bertz CT molecular complexity index is 461. The summed E-state index contributed by atoms with van der Waals surface area (Å²) in [5.74, 6) is 0.719. The normalized spacial score (nSPS) is 17.4. The SMILES string of the molecule is c1nc(-c2nc(CC3CCOCC3)cs2)co1. The average Bonchev–Trinajstić information content (AvgIpc) is 3.00. The summed E-state index contributed by atoms with van der Waals surface area (Å²) in [5.41, 5.74) is 1.99. The number of hydrogen-bond donors (Lipinski definition) is 0. The van der Waals surface area contributed by atoms with Crippen LogP contribution < -0.4 is 0 Å². The van der Waals surface area contributed by atoms with E-state index in [1.165, 1.54) is 12.1 Å². The van der Waals surface area contributed by atoms with Crippen molar-refractivity contribution in [1.82, 2.24) is 9.97 Å². The van der Waals surface area contributed by atoms with Gasteiger partial charge < -0.3 is 9.15 Å². The molecule has 90 valence electrons. The topological polar surface area (TPSA) is 48.2 Å². The molecule has 2 aromatic heterocycles. The molecule has 0 unspecified atom stereocenters. The van der Waals surface area contributed by atoms with Crippen LogP contribution in [0.4, 0.5) is 0 Å². The first-order chi connectivity index (χ1) is 8.42. The smallest absolute Gasteiger partial charge is 0.181 e. The van der Waals surface area contributed by atoms with E-state index in [2.05, 4.69) is 15.3 Å². The lowest BCUT2D eigenvalue weighted by molar-refractivity contribution is 0.0663. The molecule has 1 fully saturated rings. The highest BCUT2D eigenvalue weighted by Crippen LogP contribution is 2.25. The Morgan fingerprint density at radius 3 is 3.00 bits per heavy atom. The molecule has 1 saturated heterocycles. The molecule has 2 aromatic rings. The third kappa shape index (κ3) is 2.56. The molecule has 17 heavy (non-hydrogen) atoms. The van der Waals surface area contributed by atoms with Crippen LogP contribution in [0.1, 0.15) is 18.5 Å². The highest BCUT2D eigenvalue weighted by molar-refractivity contribution is 7.13. The van der Waals surface area contributed by atoms with Crippen molar-refractivity contribution >= 4 is 11.3 Å². The van der Waals surface area contributed by atoms with E-state index in [-0.39, 0.29) is 0 Å². The van der Waals surface area contributed by atoms with Gasteiger partial charge in [0, 0.05) is 18.6 Å². The molecule has 5 heteroatoms. The van der Waals surface area contributed by atoms with Crippen molar-refractivity contribution in [2.75, 3.05) is 13.2 Å². The molecule has 3 heterocycles. The monoisotopic (exact) mass is 250 g/mol. The number of oxazole rings is 1. The summed E-state index contributed by atoms with van der Waals surface area (Å²) in [6.45, 7) is 1.79. The molecule has 0 amide bonds. The fourth-order valence-electron chi connectivity index (χ4n) is 2.08. The Balaban J connectivity index is 1.68. The van der Waals surface area contributed by atoms with Gasteiger partial charge in [0.2, 0.25) is 0 Å². The molecule has 0 radical (unpaired) electrons. The maximum atomic E-state index is 5.36. The molecule has 0 aliphatic carbocycles. The lowest BCUT2D eigenvalue weighted by atomic mass is 9.95. The predicted octanol–water partition coefficient (Wildman–Crippen LogP) is 2.77. The largest absolute Gasteiger partial charge is 0.451 e. The first kappa shape index (κ1) is 10.9. The van der Waals surface area contributed by atoms with Crippen LogP contribution in [-0.2, 0) is 11.2 Å². The molecule has 0 bridgehead atoms. The van der Waals surface area contributed by atoms with Crippen molar-refractivity contribution in [3.8, 4) is 10.7 Å². The van der Waals surface area contributed by atoms with Crippen molar-refractivity contribution in [2.24, 2.45) is 5.92 Å².